The zero-order chi connectivity index (χ0) is 16.9. The molecular formula is C17H19N5OS2. The maximum Gasteiger partial charge on any atom is 0.223 e. The van der Waals surface area contributed by atoms with E-state index in [-0.39, 0.29) is 0 Å². The monoisotopic (exact) mass is 373 g/mol. The SMILES string of the molecule is c1csc(-c2nc(NCCN3CCOCC3)ncc2-c2ccsc2)n1. The summed E-state index contributed by atoms with van der Waals surface area (Å²) in [7, 11) is 0. The molecule has 1 aliphatic rings. The predicted octanol–water partition coefficient (Wildman–Crippen LogP) is 3.07. The number of hydrogen-bond acceptors (Lipinski definition) is 8. The van der Waals surface area contributed by atoms with E-state index in [0.717, 1.165) is 61.2 Å². The molecule has 1 N–H and O–H groups in total. The lowest BCUT2D eigenvalue weighted by Crippen LogP contribution is -2.39. The Balaban J connectivity index is 1.50. The van der Waals surface area contributed by atoms with Gasteiger partial charge in [0.25, 0.3) is 0 Å². The molecule has 4 heterocycles. The van der Waals surface area contributed by atoms with Crippen molar-refractivity contribution in [2.24, 2.45) is 0 Å². The summed E-state index contributed by atoms with van der Waals surface area (Å²) in [6.07, 6.45) is 3.70. The molecule has 6 nitrogen and oxygen atoms in total. The van der Waals surface area contributed by atoms with Crippen molar-refractivity contribution >= 4 is 28.6 Å². The summed E-state index contributed by atoms with van der Waals surface area (Å²) in [5.74, 6) is 0.650. The number of nitrogens with zero attached hydrogens (tertiary/aromatic N) is 4. The Kier molecular flexibility index (Phi) is 5.31. The standard InChI is InChI=1S/C17H19N5OS2/c1-9-24-12-13(1)14-11-20-17(21-15(14)16-18-3-10-25-16)19-2-4-22-5-7-23-8-6-22/h1,3,9-12H,2,4-8H2,(H,19,20,21). The summed E-state index contributed by atoms with van der Waals surface area (Å²) in [5.41, 5.74) is 3.04. The Labute approximate surface area is 154 Å². The Morgan fingerprint density at radius 3 is 2.88 bits per heavy atom. The van der Waals surface area contributed by atoms with E-state index < -0.39 is 0 Å². The van der Waals surface area contributed by atoms with Crippen LogP contribution in [-0.2, 0) is 4.74 Å². The van der Waals surface area contributed by atoms with Gasteiger partial charge in [0.15, 0.2) is 0 Å². The lowest BCUT2D eigenvalue weighted by Gasteiger charge is -2.26. The first-order chi connectivity index (χ1) is 12.4. The minimum absolute atomic E-state index is 0.650. The number of thiazole rings is 1. The van der Waals surface area contributed by atoms with Gasteiger partial charge in [-0.25, -0.2) is 15.0 Å². The van der Waals surface area contributed by atoms with Crippen molar-refractivity contribution in [1.29, 1.82) is 0 Å². The molecule has 0 saturated carbocycles. The lowest BCUT2D eigenvalue weighted by molar-refractivity contribution is 0.0398. The Hall–Kier alpha value is -1.87. The van der Waals surface area contributed by atoms with Crippen LogP contribution in [0.2, 0.25) is 0 Å². The van der Waals surface area contributed by atoms with E-state index >= 15 is 0 Å². The molecule has 3 aromatic rings. The predicted molar refractivity (Wildman–Crippen MR) is 102 cm³/mol. The molecular weight excluding hydrogens is 354 g/mol. The van der Waals surface area contributed by atoms with Crippen LogP contribution in [0.5, 0.6) is 0 Å². The van der Waals surface area contributed by atoms with Crippen molar-refractivity contribution in [3.8, 4) is 21.8 Å². The average molecular weight is 374 g/mol. The number of rotatable bonds is 6. The molecule has 4 rings (SSSR count). The van der Waals surface area contributed by atoms with Crippen molar-refractivity contribution in [1.82, 2.24) is 19.9 Å². The van der Waals surface area contributed by atoms with Crippen molar-refractivity contribution in [2.45, 2.75) is 0 Å². The first-order valence-electron chi connectivity index (χ1n) is 8.23. The molecule has 1 aliphatic heterocycles. The second kappa shape index (κ2) is 8.01. The minimum atomic E-state index is 0.650. The van der Waals surface area contributed by atoms with Crippen LogP contribution < -0.4 is 5.32 Å². The summed E-state index contributed by atoms with van der Waals surface area (Å²) in [5, 5.41) is 10.4. The number of nitrogens with one attached hydrogen (secondary N) is 1. The van der Waals surface area contributed by atoms with Gasteiger partial charge >= 0.3 is 0 Å². The largest absolute Gasteiger partial charge is 0.379 e. The summed E-state index contributed by atoms with van der Waals surface area (Å²) in [6.45, 7) is 5.40. The van der Waals surface area contributed by atoms with E-state index in [2.05, 4.69) is 37.0 Å². The van der Waals surface area contributed by atoms with Gasteiger partial charge < -0.3 is 10.1 Å². The molecule has 0 radical (unpaired) electrons. The van der Waals surface area contributed by atoms with Crippen LogP contribution in [0.25, 0.3) is 21.8 Å². The van der Waals surface area contributed by atoms with Crippen LogP contribution in [0.3, 0.4) is 0 Å². The maximum atomic E-state index is 5.38. The van der Waals surface area contributed by atoms with Crippen LogP contribution in [0.1, 0.15) is 0 Å². The molecule has 0 bridgehead atoms. The van der Waals surface area contributed by atoms with E-state index in [1.807, 2.05) is 17.8 Å². The highest BCUT2D eigenvalue weighted by Gasteiger charge is 2.14. The van der Waals surface area contributed by atoms with E-state index in [9.17, 15) is 0 Å². The zero-order valence-corrected chi connectivity index (χ0v) is 15.4. The van der Waals surface area contributed by atoms with Crippen LogP contribution in [0.15, 0.2) is 34.6 Å². The molecule has 1 saturated heterocycles. The molecule has 1 fully saturated rings. The smallest absolute Gasteiger partial charge is 0.223 e. The molecule has 25 heavy (non-hydrogen) atoms. The van der Waals surface area contributed by atoms with Crippen molar-refractivity contribution in [2.75, 3.05) is 44.7 Å². The summed E-state index contributed by atoms with van der Waals surface area (Å²) in [4.78, 5) is 16.1. The highest BCUT2D eigenvalue weighted by atomic mass is 32.1. The quantitative estimate of drug-likeness (QED) is 0.716. The minimum Gasteiger partial charge on any atom is -0.379 e. The topological polar surface area (TPSA) is 63.2 Å². The van der Waals surface area contributed by atoms with E-state index in [0.29, 0.717) is 5.95 Å². The number of morpholine rings is 1. The third-order valence-corrected chi connectivity index (χ3v) is 5.53. The lowest BCUT2D eigenvalue weighted by atomic mass is 10.1. The van der Waals surface area contributed by atoms with Gasteiger partial charge in [0.1, 0.15) is 10.7 Å². The molecule has 0 amide bonds. The fraction of sp³-hybridized carbons (Fsp3) is 0.353. The molecule has 0 unspecified atom stereocenters. The number of ether oxygens (including phenoxy) is 1. The van der Waals surface area contributed by atoms with Crippen LogP contribution in [0.4, 0.5) is 5.95 Å². The van der Waals surface area contributed by atoms with Gasteiger partial charge in [-0.05, 0) is 22.4 Å². The van der Waals surface area contributed by atoms with Crippen LogP contribution in [-0.4, -0.2) is 59.2 Å². The summed E-state index contributed by atoms with van der Waals surface area (Å²) in [6, 6.07) is 2.09. The Morgan fingerprint density at radius 2 is 2.12 bits per heavy atom. The summed E-state index contributed by atoms with van der Waals surface area (Å²) >= 11 is 3.27. The van der Waals surface area contributed by atoms with E-state index in [4.69, 9.17) is 9.72 Å². The van der Waals surface area contributed by atoms with Gasteiger partial charge in [-0.1, -0.05) is 0 Å². The maximum absolute atomic E-state index is 5.38. The molecule has 0 atom stereocenters. The molecule has 0 aromatic carbocycles. The second-order valence-electron chi connectivity index (χ2n) is 5.69. The molecule has 0 spiro atoms. The highest BCUT2D eigenvalue weighted by Crippen LogP contribution is 2.32. The van der Waals surface area contributed by atoms with Crippen LogP contribution in [0, 0.1) is 0 Å². The van der Waals surface area contributed by atoms with Gasteiger partial charge in [0, 0.05) is 49.5 Å². The fourth-order valence-corrected chi connectivity index (χ4v) is 4.05. The van der Waals surface area contributed by atoms with E-state index in [1.54, 1.807) is 22.7 Å². The molecule has 8 heteroatoms. The van der Waals surface area contributed by atoms with Crippen molar-refractivity contribution in [3.05, 3.63) is 34.6 Å². The fourth-order valence-electron chi connectivity index (χ4n) is 2.75. The van der Waals surface area contributed by atoms with Crippen LogP contribution >= 0.6 is 22.7 Å². The van der Waals surface area contributed by atoms with Crippen molar-refractivity contribution in [3.63, 3.8) is 0 Å². The van der Waals surface area contributed by atoms with Gasteiger partial charge in [0.05, 0.1) is 13.2 Å². The highest BCUT2D eigenvalue weighted by molar-refractivity contribution is 7.13. The molecule has 130 valence electrons. The van der Waals surface area contributed by atoms with Gasteiger partial charge in [-0.15, -0.1) is 11.3 Å². The molecule has 3 aromatic heterocycles. The number of hydrogen-bond donors (Lipinski definition) is 1. The average Bonchev–Trinajstić information content (AvgIpc) is 3.36. The Bertz CT molecular complexity index is 785. The normalized spacial score (nSPS) is 15.4. The number of aromatic nitrogens is 3. The second-order valence-corrected chi connectivity index (χ2v) is 7.36. The van der Waals surface area contributed by atoms with E-state index in [1.165, 1.54) is 0 Å². The third kappa shape index (κ3) is 4.04. The third-order valence-electron chi connectivity index (χ3n) is 4.07. The first kappa shape index (κ1) is 16.6. The summed E-state index contributed by atoms with van der Waals surface area (Å²) < 4.78 is 5.38. The first-order valence-corrected chi connectivity index (χ1v) is 10.1. The zero-order valence-electron chi connectivity index (χ0n) is 13.7. The van der Waals surface area contributed by atoms with Gasteiger partial charge in [0.2, 0.25) is 5.95 Å². The van der Waals surface area contributed by atoms with Crippen molar-refractivity contribution < 1.29 is 4.74 Å². The molecule has 0 aliphatic carbocycles. The number of thiophene rings is 1. The van der Waals surface area contributed by atoms with Gasteiger partial charge in [-0.3, -0.25) is 4.90 Å². The van der Waals surface area contributed by atoms with Gasteiger partial charge in [-0.2, -0.15) is 11.3 Å². The Morgan fingerprint density at radius 1 is 1.20 bits per heavy atom. The number of anilines is 1.